The molecule has 0 atom stereocenters. The van der Waals surface area contributed by atoms with Crippen LogP contribution >= 0.6 is 0 Å². The maximum atomic E-state index is 12.7. The van der Waals surface area contributed by atoms with Gasteiger partial charge >= 0.3 is 0 Å². The van der Waals surface area contributed by atoms with Gasteiger partial charge < -0.3 is 0 Å². The molecule has 3 nitrogen and oxygen atoms in total. The lowest BCUT2D eigenvalue weighted by molar-refractivity contribution is -0.00996. The lowest BCUT2D eigenvalue weighted by Gasteiger charge is -2.54. The molecule has 1 rings (SSSR count). The first-order chi connectivity index (χ1) is 9.76. The maximum Gasteiger partial charge on any atom is 0.241 e. The number of sulfonamides is 1. The van der Waals surface area contributed by atoms with Crippen molar-refractivity contribution < 1.29 is 8.42 Å². The van der Waals surface area contributed by atoms with Gasteiger partial charge in [0.15, 0.2) is 0 Å². The highest BCUT2D eigenvalue weighted by Crippen LogP contribution is 2.51. The second kappa shape index (κ2) is 5.97. The molecule has 0 aliphatic carbocycles. The Morgan fingerprint density at radius 1 is 0.909 bits per heavy atom. The fraction of sp³-hybridized carbons (Fsp3) is 0.667. The standard InChI is InChI=1S/C18H31NO2S/c1-14(2)16(3,4)17(5,6)18(7,8)19-22(20,21)15-12-10-9-11-13-15/h9-14,19H,1-8H3. The van der Waals surface area contributed by atoms with E-state index in [-0.39, 0.29) is 10.8 Å². The molecule has 0 unspecified atom stereocenters. The Kier molecular flexibility index (Phi) is 5.20. The maximum absolute atomic E-state index is 12.7. The fourth-order valence-corrected chi connectivity index (χ4v) is 4.21. The highest BCUT2D eigenvalue weighted by molar-refractivity contribution is 7.89. The second-order valence-corrected chi connectivity index (χ2v) is 9.73. The smallest absolute Gasteiger partial charge is 0.207 e. The van der Waals surface area contributed by atoms with Gasteiger partial charge in [-0.05, 0) is 42.7 Å². The van der Waals surface area contributed by atoms with Crippen LogP contribution in [0.15, 0.2) is 35.2 Å². The molecular weight excluding hydrogens is 294 g/mol. The molecule has 4 heteroatoms. The Morgan fingerprint density at radius 3 is 1.77 bits per heavy atom. The van der Waals surface area contributed by atoms with E-state index < -0.39 is 15.6 Å². The Bertz CT molecular complexity index is 599. The zero-order valence-electron chi connectivity index (χ0n) is 15.2. The quantitative estimate of drug-likeness (QED) is 0.840. The normalized spacial score (nSPS) is 14.4. The van der Waals surface area contributed by atoms with E-state index in [4.69, 9.17) is 0 Å². The topological polar surface area (TPSA) is 46.2 Å². The number of hydrogen-bond acceptors (Lipinski definition) is 2. The van der Waals surface area contributed by atoms with Gasteiger partial charge in [0.2, 0.25) is 10.0 Å². The van der Waals surface area contributed by atoms with Crippen LogP contribution in [0, 0.1) is 16.7 Å². The molecule has 0 amide bonds. The highest BCUT2D eigenvalue weighted by atomic mass is 32.2. The summed E-state index contributed by atoms with van der Waals surface area (Å²) in [7, 11) is -3.54. The van der Waals surface area contributed by atoms with Crippen molar-refractivity contribution in [3.8, 4) is 0 Å². The monoisotopic (exact) mass is 325 g/mol. The minimum Gasteiger partial charge on any atom is -0.207 e. The van der Waals surface area contributed by atoms with E-state index in [0.717, 1.165) is 0 Å². The van der Waals surface area contributed by atoms with Gasteiger partial charge in [-0.25, -0.2) is 13.1 Å². The third-order valence-corrected chi connectivity index (χ3v) is 7.73. The minimum absolute atomic E-state index is 0.0320. The molecule has 0 aromatic heterocycles. The summed E-state index contributed by atoms with van der Waals surface area (Å²) in [6.45, 7) is 17.0. The summed E-state index contributed by atoms with van der Waals surface area (Å²) in [5.74, 6) is 0.433. The summed E-state index contributed by atoms with van der Waals surface area (Å²) in [5.41, 5.74) is -0.860. The van der Waals surface area contributed by atoms with Crippen LogP contribution in [0.2, 0.25) is 0 Å². The summed E-state index contributed by atoms with van der Waals surface area (Å²) in [4.78, 5) is 0.307. The first-order valence-corrected chi connectivity index (χ1v) is 9.33. The first-order valence-electron chi connectivity index (χ1n) is 7.85. The molecule has 0 saturated carbocycles. The highest BCUT2D eigenvalue weighted by Gasteiger charge is 2.50. The van der Waals surface area contributed by atoms with Crippen molar-refractivity contribution in [3.05, 3.63) is 30.3 Å². The fourth-order valence-electron chi connectivity index (χ4n) is 2.65. The van der Waals surface area contributed by atoms with E-state index in [1.807, 2.05) is 19.9 Å². The Balaban J connectivity index is 3.20. The van der Waals surface area contributed by atoms with Crippen molar-refractivity contribution in [3.63, 3.8) is 0 Å². The zero-order valence-corrected chi connectivity index (χ0v) is 16.0. The summed E-state index contributed by atoms with van der Waals surface area (Å²) in [6, 6.07) is 8.55. The molecule has 1 aromatic carbocycles. The third-order valence-electron chi connectivity index (χ3n) is 6.06. The molecule has 0 aliphatic heterocycles. The van der Waals surface area contributed by atoms with Gasteiger partial charge in [0.25, 0.3) is 0 Å². The Morgan fingerprint density at radius 2 is 1.36 bits per heavy atom. The van der Waals surface area contributed by atoms with Crippen molar-refractivity contribution in [1.29, 1.82) is 0 Å². The van der Waals surface area contributed by atoms with Crippen LogP contribution in [-0.2, 0) is 10.0 Å². The van der Waals surface area contributed by atoms with Gasteiger partial charge in [0.05, 0.1) is 4.90 Å². The molecular formula is C18H31NO2S. The van der Waals surface area contributed by atoms with E-state index in [0.29, 0.717) is 10.8 Å². The van der Waals surface area contributed by atoms with E-state index in [9.17, 15) is 8.42 Å². The molecule has 0 fully saturated rings. The Hall–Kier alpha value is -0.870. The van der Waals surface area contributed by atoms with Gasteiger partial charge in [-0.2, -0.15) is 0 Å². The van der Waals surface area contributed by atoms with Gasteiger partial charge in [-0.3, -0.25) is 0 Å². The molecule has 0 saturated heterocycles. The lowest BCUT2D eigenvalue weighted by atomic mass is 9.55. The van der Waals surface area contributed by atoms with Crippen molar-refractivity contribution in [2.24, 2.45) is 16.7 Å². The third kappa shape index (κ3) is 3.38. The minimum atomic E-state index is -3.54. The average Bonchev–Trinajstić information content (AvgIpc) is 2.38. The molecule has 126 valence electrons. The first kappa shape index (κ1) is 19.2. The van der Waals surface area contributed by atoms with Gasteiger partial charge in [0.1, 0.15) is 0 Å². The molecule has 1 N–H and O–H groups in total. The van der Waals surface area contributed by atoms with Crippen LogP contribution in [-0.4, -0.2) is 14.0 Å². The molecule has 22 heavy (non-hydrogen) atoms. The molecule has 0 heterocycles. The van der Waals surface area contributed by atoms with E-state index in [1.54, 1.807) is 24.3 Å². The average molecular weight is 326 g/mol. The Labute approximate surface area is 136 Å². The SMILES string of the molecule is CC(C)C(C)(C)C(C)(C)C(C)(C)NS(=O)(=O)c1ccccc1. The number of hydrogen-bond donors (Lipinski definition) is 1. The summed E-state index contributed by atoms with van der Waals surface area (Å²) in [5, 5.41) is 0. The van der Waals surface area contributed by atoms with Crippen LogP contribution in [0.25, 0.3) is 0 Å². The number of rotatable bonds is 6. The van der Waals surface area contributed by atoms with E-state index in [2.05, 4.69) is 46.3 Å². The van der Waals surface area contributed by atoms with E-state index >= 15 is 0 Å². The van der Waals surface area contributed by atoms with Gasteiger partial charge in [-0.15, -0.1) is 0 Å². The predicted octanol–water partition coefficient (Wildman–Crippen LogP) is 4.45. The van der Waals surface area contributed by atoms with Crippen LogP contribution in [0.4, 0.5) is 0 Å². The van der Waals surface area contributed by atoms with Crippen LogP contribution in [0.1, 0.15) is 55.4 Å². The largest absolute Gasteiger partial charge is 0.241 e. The van der Waals surface area contributed by atoms with Crippen LogP contribution in [0.3, 0.4) is 0 Å². The van der Waals surface area contributed by atoms with Crippen molar-refractivity contribution in [1.82, 2.24) is 4.72 Å². The molecule has 0 radical (unpaired) electrons. The summed E-state index contributed by atoms with van der Waals surface area (Å²) in [6.07, 6.45) is 0. The molecule has 0 bridgehead atoms. The number of nitrogens with one attached hydrogen (secondary N) is 1. The van der Waals surface area contributed by atoms with Crippen molar-refractivity contribution >= 4 is 10.0 Å². The van der Waals surface area contributed by atoms with Crippen LogP contribution in [0.5, 0.6) is 0 Å². The molecule has 0 spiro atoms. The van der Waals surface area contributed by atoms with Crippen LogP contribution < -0.4 is 4.72 Å². The second-order valence-electron chi connectivity index (χ2n) is 8.04. The zero-order chi connectivity index (χ0) is 17.4. The summed E-state index contributed by atoms with van der Waals surface area (Å²) >= 11 is 0. The molecule has 1 aromatic rings. The summed E-state index contributed by atoms with van der Waals surface area (Å²) < 4.78 is 28.3. The lowest BCUT2D eigenvalue weighted by Crippen LogP contribution is -2.60. The van der Waals surface area contributed by atoms with Crippen molar-refractivity contribution in [2.45, 2.75) is 65.8 Å². The van der Waals surface area contributed by atoms with Gasteiger partial charge in [0, 0.05) is 5.54 Å². The van der Waals surface area contributed by atoms with E-state index in [1.165, 1.54) is 0 Å². The molecule has 0 aliphatic rings. The predicted molar refractivity (Wildman–Crippen MR) is 93.2 cm³/mol. The van der Waals surface area contributed by atoms with Gasteiger partial charge in [-0.1, -0.05) is 59.7 Å². The number of benzene rings is 1. The van der Waals surface area contributed by atoms with Crippen molar-refractivity contribution in [2.75, 3.05) is 0 Å².